The Kier molecular flexibility index (Phi) is 6.07. The number of amides is 1. The van der Waals surface area contributed by atoms with Crippen molar-refractivity contribution >= 4 is 17.7 Å². The van der Waals surface area contributed by atoms with Crippen LogP contribution in [-0.2, 0) is 11.2 Å². The Morgan fingerprint density at radius 1 is 1.08 bits per heavy atom. The molecule has 0 radical (unpaired) electrons. The van der Waals surface area contributed by atoms with Crippen LogP contribution in [0, 0.1) is 0 Å². The summed E-state index contributed by atoms with van der Waals surface area (Å²) in [6, 6.07) is 20.2. The molecule has 1 aromatic heterocycles. The second-order valence-electron chi connectivity index (χ2n) is 5.89. The first-order valence-corrected chi connectivity index (χ1v) is 9.55. The molecule has 6 heteroatoms. The van der Waals surface area contributed by atoms with Gasteiger partial charge in [0, 0.05) is 18.7 Å². The van der Waals surface area contributed by atoms with Gasteiger partial charge >= 0.3 is 0 Å². The number of nitrogens with one attached hydrogen (secondary N) is 1. The van der Waals surface area contributed by atoms with Crippen LogP contribution >= 0.6 is 11.8 Å². The Morgan fingerprint density at radius 2 is 1.73 bits per heavy atom. The number of hydrogen-bond acceptors (Lipinski definition) is 4. The van der Waals surface area contributed by atoms with Crippen molar-refractivity contribution in [3.8, 4) is 5.69 Å². The van der Waals surface area contributed by atoms with E-state index in [1.807, 2.05) is 66.9 Å². The number of hydrogen-bond donors (Lipinski definition) is 1. The summed E-state index contributed by atoms with van der Waals surface area (Å²) < 4.78 is 2.04. The lowest BCUT2D eigenvalue weighted by molar-refractivity contribution is -0.120. The van der Waals surface area contributed by atoms with Crippen molar-refractivity contribution in [2.75, 3.05) is 6.54 Å². The van der Waals surface area contributed by atoms with Crippen LogP contribution in [0.2, 0.25) is 0 Å². The molecule has 3 aromatic rings. The first kappa shape index (κ1) is 18.2. The molecular weight excluding hydrogens is 344 g/mol. The van der Waals surface area contributed by atoms with Crippen LogP contribution in [0.1, 0.15) is 25.2 Å². The summed E-state index contributed by atoms with van der Waals surface area (Å²) >= 11 is 1.42. The van der Waals surface area contributed by atoms with Gasteiger partial charge in [0.25, 0.3) is 0 Å². The van der Waals surface area contributed by atoms with Crippen molar-refractivity contribution in [2.24, 2.45) is 0 Å². The molecule has 1 atom stereocenters. The van der Waals surface area contributed by atoms with E-state index >= 15 is 0 Å². The fourth-order valence-corrected chi connectivity index (χ4v) is 3.55. The molecule has 1 amide bonds. The molecule has 0 spiro atoms. The fraction of sp³-hybridized carbons (Fsp3) is 0.250. The van der Waals surface area contributed by atoms with E-state index in [9.17, 15) is 4.79 Å². The zero-order valence-electron chi connectivity index (χ0n) is 14.9. The third-order valence-corrected chi connectivity index (χ3v) is 4.96. The van der Waals surface area contributed by atoms with E-state index in [0.717, 1.165) is 16.7 Å². The molecule has 134 valence electrons. The summed E-state index contributed by atoms with van der Waals surface area (Å²) in [5.74, 6) is 0.859. The maximum absolute atomic E-state index is 12.1. The molecule has 0 unspecified atom stereocenters. The molecule has 26 heavy (non-hydrogen) atoms. The third kappa shape index (κ3) is 4.32. The molecule has 5 nitrogen and oxygen atoms in total. The van der Waals surface area contributed by atoms with Gasteiger partial charge in [-0.25, -0.2) is 0 Å². The van der Waals surface area contributed by atoms with Crippen LogP contribution in [0.4, 0.5) is 0 Å². The number of carbonyl (C=O) groups is 1. The van der Waals surface area contributed by atoms with E-state index in [4.69, 9.17) is 0 Å². The second-order valence-corrected chi connectivity index (χ2v) is 7.19. The van der Waals surface area contributed by atoms with Crippen molar-refractivity contribution in [2.45, 2.75) is 30.7 Å². The number of benzene rings is 2. The van der Waals surface area contributed by atoms with Gasteiger partial charge in [0.15, 0.2) is 5.16 Å². The lowest BCUT2D eigenvalue weighted by atomic mass is 10.1. The second kappa shape index (κ2) is 8.67. The molecule has 0 saturated heterocycles. The van der Waals surface area contributed by atoms with Gasteiger partial charge in [0.1, 0.15) is 5.82 Å². The highest BCUT2D eigenvalue weighted by Gasteiger charge is 2.20. The largest absolute Gasteiger partial charge is 0.355 e. The van der Waals surface area contributed by atoms with Crippen molar-refractivity contribution in [1.82, 2.24) is 20.1 Å². The molecule has 0 bridgehead atoms. The summed E-state index contributed by atoms with van der Waals surface area (Å²) in [4.78, 5) is 12.1. The van der Waals surface area contributed by atoms with E-state index in [1.165, 1.54) is 17.3 Å². The van der Waals surface area contributed by atoms with Crippen molar-refractivity contribution in [3.63, 3.8) is 0 Å². The van der Waals surface area contributed by atoms with Gasteiger partial charge in [-0.2, -0.15) is 0 Å². The van der Waals surface area contributed by atoms with Crippen LogP contribution in [0.15, 0.2) is 65.8 Å². The van der Waals surface area contributed by atoms with Crippen molar-refractivity contribution < 1.29 is 4.79 Å². The molecule has 0 aliphatic rings. The Hall–Kier alpha value is -2.60. The Balaban J connectivity index is 1.93. The summed E-state index contributed by atoms with van der Waals surface area (Å²) in [6.07, 6.45) is 0.679. The van der Waals surface area contributed by atoms with Crippen molar-refractivity contribution in [1.29, 1.82) is 0 Å². The fourth-order valence-electron chi connectivity index (χ4n) is 2.64. The van der Waals surface area contributed by atoms with Gasteiger partial charge in [-0.15, -0.1) is 10.2 Å². The highest BCUT2D eigenvalue weighted by Crippen LogP contribution is 2.26. The van der Waals surface area contributed by atoms with E-state index < -0.39 is 0 Å². The van der Waals surface area contributed by atoms with E-state index in [2.05, 4.69) is 27.6 Å². The van der Waals surface area contributed by atoms with Crippen LogP contribution < -0.4 is 5.32 Å². The van der Waals surface area contributed by atoms with E-state index in [1.54, 1.807) is 0 Å². The van der Waals surface area contributed by atoms with Gasteiger partial charge in [0.05, 0.1) is 5.25 Å². The average molecular weight is 366 g/mol. The van der Waals surface area contributed by atoms with E-state index in [-0.39, 0.29) is 11.2 Å². The van der Waals surface area contributed by atoms with Gasteiger partial charge in [-0.05, 0) is 31.5 Å². The molecule has 2 aromatic carbocycles. The lowest BCUT2D eigenvalue weighted by Gasteiger charge is -2.13. The van der Waals surface area contributed by atoms with Crippen LogP contribution in [0.3, 0.4) is 0 Å². The maximum Gasteiger partial charge on any atom is 0.233 e. The quantitative estimate of drug-likeness (QED) is 0.651. The van der Waals surface area contributed by atoms with Gasteiger partial charge < -0.3 is 5.32 Å². The topological polar surface area (TPSA) is 59.8 Å². The first-order valence-electron chi connectivity index (χ1n) is 8.67. The number of thioether (sulfide) groups is 1. The van der Waals surface area contributed by atoms with Crippen LogP contribution in [-0.4, -0.2) is 32.5 Å². The number of rotatable bonds is 7. The van der Waals surface area contributed by atoms with Gasteiger partial charge in [-0.1, -0.05) is 60.3 Å². The summed E-state index contributed by atoms with van der Waals surface area (Å²) in [7, 11) is 0. The number of nitrogens with zero attached hydrogens (tertiary/aromatic N) is 3. The summed E-state index contributed by atoms with van der Waals surface area (Å²) in [5, 5.41) is 12.1. The molecule has 0 aliphatic carbocycles. The monoisotopic (exact) mass is 366 g/mol. The van der Waals surface area contributed by atoms with Gasteiger partial charge in [-0.3, -0.25) is 9.36 Å². The summed E-state index contributed by atoms with van der Waals surface area (Å²) in [6.45, 7) is 4.42. The lowest BCUT2D eigenvalue weighted by Crippen LogP contribution is -2.30. The van der Waals surface area contributed by atoms with Gasteiger partial charge in [0.2, 0.25) is 5.91 Å². The minimum atomic E-state index is -0.244. The average Bonchev–Trinajstić information content (AvgIpc) is 3.05. The SMILES string of the molecule is CCNC(=O)[C@H](C)Sc1nnc(Cc2ccccc2)n1-c1ccccc1. The number of carbonyl (C=O) groups excluding carboxylic acids is 1. The van der Waals surface area contributed by atoms with E-state index in [0.29, 0.717) is 13.0 Å². The molecule has 0 aliphatic heterocycles. The highest BCUT2D eigenvalue weighted by atomic mass is 32.2. The first-order chi connectivity index (χ1) is 12.7. The predicted molar refractivity (Wildman–Crippen MR) is 105 cm³/mol. The highest BCUT2D eigenvalue weighted by molar-refractivity contribution is 8.00. The van der Waals surface area contributed by atoms with Crippen LogP contribution in [0.5, 0.6) is 0 Å². The molecule has 1 N–H and O–H groups in total. The van der Waals surface area contributed by atoms with Crippen LogP contribution in [0.25, 0.3) is 5.69 Å². The smallest absolute Gasteiger partial charge is 0.233 e. The molecule has 3 rings (SSSR count). The minimum absolute atomic E-state index is 0.00437. The Morgan fingerprint density at radius 3 is 2.38 bits per heavy atom. The standard InChI is InChI=1S/C20H22N4OS/c1-3-21-19(25)15(2)26-20-23-22-18(14-16-10-6-4-7-11-16)24(20)17-12-8-5-9-13-17/h4-13,15H,3,14H2,1-2H3,(H,21,25)/t15-/m0/s1. The molecule has 0 fully saturated rings. The minimum Gasteiger partial charge on any atom is -0.355 e. The van der Waals surface area contributed by atoms with Crippen molar-refractivity contribution in [3.05, 3.63) is 72.1 Å². The third-order valence-electron chi connectivity index (χ3n) is 3.92. The zero-order chi connectivity index (χ0) is 18.4. The number of para-hydroxylation sites is 1. The molecule has 1 heterocycles. The summed E-state index contributed by atoms with van der Waals surface area (Å²) in [5.41, 5.74) is 2.17. The maximum atomic E-state index is 12.1. The normalized spacial score (nSPS) is 11.9. The zero-order valence-corrected chi connectivity index (χ0v) is 15.7. The molecule has 0 saturated carbocycles. The Labute approximate surface area is 157 Å². The Bertz CT molecular complexity index is 849. The predicted octanol–water partition coefficient (Wildman–Crippen LogP) is 3.47. The number of aromatic nitrogens is 3. The molecular formula is C20H22N4OS.